The second-order valence-corrected chi connectivity index (χ2v) is 5.90. The maximum absolute atomic E-state index is 12.3. The molecular formula is C19H23NO4. The van der Waals surface area contributed by atoms with Gasteiger partial charge >= 0.3 is 0 Å². The van der Waals surface area contributed by atoms with Gasteiger partial charge < -0.3 is 19.9 Å². The van der Waals surface area contributed by atoms with Gasteiger partial charge in [-0.05, 0) is 36.8 Å². The van der Waals surface area contributed by atoms with Gasteiger partial charge in [0.1, 0.15) is 11.5 Å². The third-order valence-electron chi connectivity index (χ3n) is 3.73. The SMILES string of the molecule is COc1ccc(C[C@](C)(O)CNC(=O)c2ccccc2OC)cc1. The molecule has 0 aliphatic rings. The highest BCUT2D eigenvalue weighted by molar-refractivity contribution is 5.96. The first-order valence-electron chi connectivity index (χ1n) is 7.72. The number of aliphatic hydroxyl groups is 1. The maximum Gasteiger partial charge on any atom is 0.255 e. The van der Waals surface area contributed by atoms with Gasteiger partial charge in [-0.2, -0.15) is 0 Å². The minimum atomic E-state index is -1.06. The molecule has 2 rings (SSSR count). The molecule has 5 heteroatoms. The van der Waals surface area contributed by atoms with E-state index in [0.29, 0.717) is 17.7 Å². The van der Waals surface area contributed by atoms with Gasteiger partial charge in [0.05, 0.1) is 25.4 Å². The second-order valence-electron chi connectivity index (χ2n) is 5.90. The first-order valence-corrected chi connectivity index (χ1v) is 7.72. The van der Waals surface area contributed by atoms with E-state index >= 15 is 0 Å². The van der Waals surface area contributed by atoms with Crippen molar-refractivity contribution in [2.45, 2.75) is 18.9 Å². The highest BCUT2D eigenvalue weighted by Crippen LogP contribution is 2.19. The summed E-state index contributed by atoms with van der Waals surface area (Å²) in [4.78, 5) is 12.3. The lowest BCUT2D eigenvalue weighted by atomic mass is 9.96. The van der Waals surface area contributed by atoms with Crippen LogP contribution in [-0.2, 0) is 6.42 Å². The molecule has 0 saturated carbocycles. The number of carbonyl (C=O) groups excluding carboxylic acids is 1. The highest BCUT2D eigenvalue weighted by atomic mass is 16.5. The normalized spacial score (nSPS) is 13.0. The van der Waals surface area contributed by atoms with Crippen LogP contribution in [0.15, 0.2) is 48.5 Å². The number of rotatable bonds is 7. The number of amides is 1. The van der Waals surface area contributed by atoms with E-state index in [0.717, 1.165) is 11.3 Å². The molecule has 0 saturated heterocycles. The average molecular weight is 329 g/mol. The number of para-hydroxylation sites is 1. The van der Waals surface area contributed by atoms with Crippen LogP contribution in [0.1, 0.15) is 22.8 Å². The van der Waals surface area contributed by atoms with Crippen LogP contribution in [0.4, 0.5) is 0 Å². The molecule has 0 aliphatic carbocycles. The van der Waals surface area contributed by atoms with Crippen LogP contribution in [0.25, 0.3) is 0 Å². The fourth-order valence-electron chi connectivity index (χ4n) is 2.44. The van der Waals surface area contributed by atoms with Gasteiger partial charge in [0.2, 0.25) is 0 Å². The summed E-state index contributed by atoms with van der Waals surface area (Å²) in [5.41, 5.74) is 0.347. The van der Waals surface area contributed by atoms with Gasteiger partial charge in [-0.15, -0.1) is 0 Å². The Labute approximate surface area is 142 Å². The molecule has 1 amide bonds. The largest absolute Gasteiger partial charge is 0.497 e. The first kappa shape index (κ1) is 17.8. The van der Waals surface area contributed by atoms with Crippen LogP contribution in [0, 0.1) is 0 Å². The predicted octanol–water partition coefficient (Wildman–Crippen LogP) is 2.43. The van der Waals surface area contributed by atoms with Crippen molar-refractivity contribution < 1.29 is 19.4 Å². The number of nitrogens with one attached hydrogen (secondary N) is 1. The summed E-state index contributed by atoms with van der Waals surface area (Å²) in [5.74, 6) is 0.995. The standard InChI is InChI=1S/C19H23NO4/c1-19(22,12-14-8-10-15(23-2)11-9-14)13-20-18(21)16-6-4-5-7-17(16)24-3/h4-11,22H,12-13H2,1-3H3,(H,20,21)/t19-/m0/s1. The summed E-state index contributed by atoms with van der Waals surface area (Å²) in [6, 6.07) is 14.5. The van der Waals surface area contributed by atoms with Crippen molar-refractivity contribution in [3.63, 3.8) is 0 Å². The van der Waals surface area contributed by atoms with Crippen LogP contribution in [0.5, 0.6) is 11.5 Å². The number of methoxy groups -OCH3 is 2. The van der Waals surface area contributed by atoms with Crippen molar-refractivity contribution in [1.29, 1.82) is 0 Å². The van der Waals surface area contributed by atoms with E-state index in [4.69, 9.17) is 9.47 Å². The number of carbonyl (C=O) groups is 1. The third-order valence-corrected chi connectivity index (χ3v) is 3.73. The first-order chi connectivity index (χ1) is 11.4. The minimum Gasteiger partial charge on any atom is -0.497 e. The molecule has 2 aromatic carbocycles. The Balaban J connectivity index is 1.97. The number of hydrogen-bond acceptors (Lipinski definition) is 4. The summed E-state index contributed by atoms with van der Waals surface area (Å²) in [7, 11) is 3.13. The van der Waals surface area contributed by atoms with Gasteiger partial charge in [0.15, 0.2) is 0 Å². The average Bonchev–Trinajstić information content (AvgIpc) is 2.60. The molecule has 0 heterocycles. The molecule has 0 spiro atoms. The molecule has 0 radical (unpaired) electrons. The molecule has 0 aromatic heterocycles. The monoisotopic (exact) mass is 329 g/mol. The fraction of sp³-hybridized carbons (Fsp3) is 0.316. The van der Waals surface area contributed by atoms with Crippen LogP contribution in [0.2, 0.25) is 0 Å². The fourth-order valence-corrected chi connectivity index (χ4v) is 2.44. The number of ether oxygens (including phenoxy) is 2. The van der Waals surface area contributed by atoms with E-state index in [9.17, 15) is 9.90 Å². The summed E-state index contributed by atoms with van der Waals surface area (Å²) in [6.07, 6.45) is 0.420. The van der Waals surface area contributed by atoms with Crippen LogP contribution in [0.3, 0.4) is 0 Å². The Morgan fingerprint density at radius 2 is 1.75 bits per heavy atom. The zero-order valence-corrected chi connectivity index (χ0v) is 14.2. The zero-order valence-electron chi connectivity index (χ0n) is 14.2. The lowest BCUT2D eigenvalue weighted by Gasteiger charge is -2.24. The quantitative estimate of drug-likeness (QED) is 0.819. The molecule has 1 atom stereocenters. The van der Waals surface area contributed by atoms with E-state index in [1.54, 1.807) is 38.3 Å². The predicted molar refractivity (Wildman–Crippen MR) is 92.6 cm³/mol. The second kappa shape index (κ2) is 7.84. The summed E-state index contributed by atoms with van der Waals surface area (Å²) in [6.45, 7) is 1.83. The molecule has 0 bridgehead atoms. The Hall–Kier alpha value is -2.53. The topological polar surface area (TPSA) is 67.8 Å². The Bertz CT molecular complexity index is 680. The molecule has 128 valence electrons. The molecule has 2 aromatic rings. The Kier molecular flexibility index (Phi) is 5.82. The van der Waals surface area contributed by atoms with E-state index in [1.165, 1.54) is 7.11 Å². The molecule has 0 fully saturated rings. The molecule has 0 unspecified atom stereocenters. The lowest BCUT2D eigenvalue weighted by Crippen LogP contribution is -2.42. The summed E-state index contributed by atoms with van der Waals surface area (Å²) >= 11 is 0. The van der Waals surface area contributed by atoms with Crippen LogP contribution < -0.4 is 14.8 Å². The number of benzene rings is 2. The van der Waals surface area contributed by atoms with Crippen molar-refractivity contribution >= 4 is 5.91 Å². The summed E-state index contributed by atoms with van der Waals surface area (Å²) < 4.78 is 10.3. The van der Waals surface area contributed by atoms with Gasteiger partial charge in [-0.25, -0.2) is 0 Å². The minimum absolute atomic E-state index is 0.135. The van der Waals surface area contributed by atoms with Gasteiger partial charge in [-0.1, -0.05) is 24.3 Å². The smallest absolute Gasteiger partial charge is 0.255 e. The Morgan fingerprint density at radius 3 is 2.38 bits per heavy atom. The van der Waals surface area contributed by atoms with Crippen molar-refractivity contribution in [3.05, 3.63) is 59.7 Å². The van der Waals surface area contributed by atoms with Gasteiger partial charge in [-0.3, -0.25) is 4.79 Å². The molecule has 2 N–H and O–H groups in total. The maximum atomic E-state index is 12.3. The zero-order chi connectivity index (χ0) is 17.6. The van der Waals surface area contributed by atoms with Crippen molar-refractivity contribution in [2.75, 3.05) is 20.8 Å². The lowest BCUT2D eigenvalue weighted by molar-refractivity contribution is 0.0551. The van der Waals surface area contributed by atoms with E-state index in [1.807, 2.05) is 24.3 Å². The van der Waals surface area contributed by atoms with E-state index in [-0.39, 0.29) is 12.5 Å². The van der Waals surface area contributed by atoms with Gasteiger partial charge in [0, 0.05) is 13.0 Å². The number of hydrogen-bond donors (Lipinski definition) is 2. The van der Waals surface area contributed by atoms with Crippen LogP contribution >= 0.6 is 0 Å². The summed E-state index contributed by atoms with van der Waals surface area (Å²) in [5, 5.41) is 13.3. The Morgan fingerprint density at radius 1 is 1.08 bits per heavy atom. The van der Waals surface area contributed by atoms with E-state index in [2.05, 4.69) is 5.32 Å². The molecule has 24 heavy (non-hydrogen) atoms. The van der Waals surface area contributed by atoms with Crippen molar-refractivity contribution in [3.8, 4) is 11.5 Å². The third kappa shape index (κ3) is 4.73. The molecule has 0 aliphatic heterocycles. The van der Waals surface area contributed by atoms with Gasteiger partial charge in [0.25, 0.3) is 5.91 Å². The van der Waals surface area contributed by atoms with Crippen molar-refractivity contribution in [2.24, 2.45) is 0 Å². The van der Waals surface area contributed by atoms with Crippen LogP contribution in [-0.4, -0.2) is 37.4 Å². The van der Waals surface area contributed by atoms with E-state index < -0.39 is 5.60 Å². The van der Waals surface area contributed by atoms with Crippen molar-refractivity contribution in [1.82, 2.24) is 5.32 Å². The highest BCUT2D eigenvalue weighted by Gasteiger charge is 2.23. The molecule has 5 nitrogen and oxygen atoms in total. The molecular weight excluding hydrogens is 306 g/mol.